The molecule has 4 aromatic rings. The van der Waals surface area contributed by atoms with Gasteiger partial charge in [0.15, 0.2) is 0 Å². The van der Waals surface area contributed by atoms with E-state index in [0.717, 1.165) is 6.42 Å². The average Bonchev–Trinajstić information content (AvgIpc) is 2.64. The summed E-state index contributed by atoms with van der Waals surface area (Å²) in [6.45, 7) is 4.52. The highest BCUT2D eigenvalue weighted by Crippen LogP contribution is 2.39. The van der Waals surface area contributed by atoms with Gasteiger partial charge in [-0.05, 0) is 57.1 Å². The van der Waals surface area contributed by atoms with E-state index in [2.05, 4.69) is 86.6 Å². The standard InChI is InChI=1S/C24H22/c1-3-10-18-11-4-5-13-20(18)24-17(2)19-12-6-7-14-21(19)22-15-8-9-16-23(22)24/h4-9,11-16H,3,10H2,1-2H3. The number of fused-ring (bicyclic) bond motifs is 3. The lowest BCUT2D eigenvalue weighted by molar-refractivity contribution is 0.924. The topological polar surface area (TPSA) is 0 Å². The molecule has 0 radical (unpaired) electrons. The van der Waals surface area contributed by atoms with E-state index in [-0.39, 0.29) is 0 Å². The Bertz CT molecular complexity index is 1020. The van der Waals surface area contributed by atoms with E-state index in [1.165, 1.54) is 50.2 Å². The lowest BCUT2D eigenvalue weighted by Gasteiger charge is -2.18. The number of hydrogen-bond donors (Lipinski definition) is 0. The van der Waals surface area contributed by atoms with Gasteiger partial charge < -0.3 is 0 Å². The highest BCUT2D eigenvalue weighted by Gasteiger charge is 2.14. The van der Waals surface area contributed by atoms with Gasteiger partial charge in [0.25, 0.3) is 0 Å². The molecule has 0 heteroatoms. The summed E-state index contributed by atoms with van der Waals surface area (Å²) >= 11 is 0. The first kappa shape index (κ1) is 15.0. The Morgan fingerprint density at radius 3 is 1.88 bits per heavy atom. The first-order chi connectivity index (χ1) is 11.8. The van der Waals surface area contributed by atoms with Crippen LogP contribution in [0.2, 0.25) is 0 Å². The van der Waals surface area contributed by atoms with Gasteiger partial charge in [-0.15, -0.1) is 0 Å². The fourth-order valence-corrected chi connectivity index (χ4v) is 3.92. The predicted octanol–water partition coefficient (Wildman–Crippen LogP) is 6.92. The highest BCUT2D eigenvalue weighted by molar-refractivity contribution is 6.15. The van der Waals surface area contributed by atoms with Crippen LogP contribution in [0.4, 0.5) is 0 Å². The molecule has 0 aliphatic carbocycles. The Morgan fingerprint density at radius 2 is 1.17 bits per heavy atom. The number of aryl methyl sites for hydroxylation is 2. The summed E-state index contributed by atoms with van der Waals surface area (Å²) in [6, 6.07) is 26.5. The van der Waals surface area contributed by atoms with Gasteiger partial charge in [0, 0.05) is 0 Å². The molecule has 0 saturated carbocycles. The van der Waals surface area contributed by atoms with Gasteiger partial charge in [0.1, 0.15) is 0 Å². The lowest BCUT2D eigenvalue weighted by atomic mass is 9.86. The van der Waals surface area contributed by atoms with Crippen molar-refractivity contribution in [3.63, 3.8) is 0 Å². The zero-order chi connectivity index (χ0) is 16.5. The van der Waals surface area contributed by atoms with Crippen LogP contribution in [0.25, 0.3) is 32.7 Å². The number of benzene rings is 4. The molecule has 0 spiro atoms. The van der Waals surface area contributed by atoms with Crippen LogP contribution < -0.4 is 0 Å². The molecule has 4 rings (SSSR count). The molecule has 0 fully saturated rings. The predicted molar refractivity (Wildman–Crippen MR) is 106 cm³/mol. The summed E-state index contributed by atoms with van der Waals surface area (Å²) in [4.78, 5) is 0. The van der Waals surface area contributed by atoms with Gasteiger partial charge in [-0.25, -0.2) is 0 Å². The summed E-state index contributed by atoms with van der Waals surface area (Å²) in [5.74, 6) is 0. The highest BCUT2D eigenvalue weighted by atomic mass is 14.2. The second kappa shape index (κ2) is 6.13. The van der Waals surface area contributed by atoms with Crippen molar-refractivity contribution in [3.8, 4) is 11.1 Å². The van der Waals surface area contributed by atoms with Crippen molar-refractivity contribution in [1.82, 2.24) is 0 Å². The van der Waals surface area contributed by atoms with Crippen LogP contribution in [0.15, 0.2) is 72.8 Å². The Hall–Kier alpha value is -2.60. The minimum Gasteiger partial charge on any atom is -0.0651 e. The third kappa shape index (κ3) is 2.30. The molecule has 0 atom stereocenters. The van der Waals surface area contributed by atoms with Crippen LogP contribution in [-0.2, 0) is 6.42 Å². The third-order valence-electron chi connectivity index (χ3n) is 5.00. The largest absolute Gasteiger partial charge is 0.0651 e. The first-order valence-electron chi connectivity index (χ1n) is 8.79. The maximum atomic E-state index is 2.29. The van der Waals surface area contributed by atoms with Gasteiger partial charge in [0.2, 0.25) is 0 Å². The van der Waals surface area contributed by atoms with Crippen molar-refractivity contribution >= 4 is 21.5 Å². The van der Waals surface area contributed by atoms with Crippen LogP contribution in [0.5, 0.6) is 0 Å². The quantitative estimate of drug-likeness (QED) is 0.360. The van der Waals surface area contributed by atoms with Crippen molar-refractivity contribution in [1.29, 1.82) is 0 Å². The summed E-state index contributed by atoms with van der Waals surface area (Å²) in [5.41, 5.74) is 5.61. The van der Waals surface area contributed by atoms with Gasteiger partial charge in [-0.1, -0.05) is 86.1 Å². The molecule has 0 bridgehead atoms. The molecule has 0 heterocycles. The summed E-state index contributed by atoms with van der Waals surface area (Å²) in [6.07, 6.45) is 2.29. The van der Waals surface area contributed by atoms with E-state index in [0.29, 0.717) is 0 Å². The summed E-state index contributed by atoms with van der Waals surface area (Å²) in [5, 5.41) is 5.41. The molecule has 0 N–H and O–H groups in total. The molecule has 0 aromatic heterocycles. The van der Waals surface area contributed by atoms with Gasteiger partial charge in [-0.2, -0.15) is 0 Å². The summed E-state index contributed by atoms with van der Waals surface area (Å²) < 4.78 is 0. The fraction of sp³-hybridized carbons (Fsp3) is 0.167. The minimum atomic E-state index is 1.12. The summed E-state index contributed by atoms with van der Waals surface area (Å²) in [7, 11) is 0. The van der Waals surface area contributed by atoms with E-state index in [9.17, 15) is 0 Å². The Kier molecular flexibility index (Phi) is 3.82. The smallest absolute Gasteiger partial charge is 0.00669 e. The second-order valence-electron chi connectivity index (χ2n) is 6.50. The van der Waals surface area contributed by atoms with E-state index in [1.807, 2.05) is 0 Å². The molecule has 0 amide bonds. The molecular weight excluding hydrogens is 288 g/mol. The molecule has 0 nitrogen and oxygen atoms in total. The van der Waals surface area contributed by atoms with Gasteiger partial charge >= 0.3 is 0 Å². The SMILES string of the molecule is CCCc1ccccc1-c1c(C)c2ccccc2c2ccccc12. The zero-order valence-electron chi connectivity index (χ0n) is 14.3. The van der Waals surface area contributed by atoms with Crippen molar-refractivity contribution in [2.24, 2.45) is 0 Å². The van der Waals surface area contributed by atoms with Crippen LogP contribution in [0, 0.1) is 6.92 Å². The fourth-order valence-electron chi connectivity index (χ4n) is 3.92. The van der Waals surface area contributed by atoms with E-state index in [4.69, 9.17) is 0 Å². The van der Waals surface area contributed by atoms with E-state index in [1.54, 1.807) is 0 Å². The molecule has 118 valence electrons. The average molecular weight is 310 g/mol. The lowest BCUT2D eigenvalue weighted by Crippen LogP contribution is -1.94. The zero-order valence-corrected chi connectivity index (χ0v) is 14.3. The van der Waals surface area contributed by atoms with Gasteiger partial charge in [-0.3, -0.25) is 0 Å². The van der Waals surface area contributed by atoms with Crippen LogP contribution in [0.1, 0.15) is 24.5 Å². The Morgan fingerprint density at radius 1 is 0.625 bits per heavy atom. The van der Waals surface area contributed by atoms with Crippen LogP contribution >= 0.6 is 0 Å². The molecule has 4 aromatic carbocycles. The Balaban J connectivity index is 2.17. The van der Waals surface area contributed by atoms with Crippen molar-refractivity contribution < 1.29 is 0 Å². The molecule has 0 saturated heterocycles. The first-order valence-corrected chi connectivity index (χ1v) is 8.79. The minimum absolute atomic E-state index is 1.12. The molecule has 0 aliphatic rings. The maximum Gasteiger partial charge on any atom is -0.00669 e. The normalized spacial score (nSPS) is 11.2. The maximum absolute atomic E-state index is 2.29. The molecular formula is C24H22. The Labute approximate surface area is 143 Å². The molecule has 0 aliphatic heterocycles. The van der Waals surface area contributed by atoms with Crippen molar-refractivity contribution in [2.45, 2.75) is 26.7 Å². The number of hydrogen-bond acceptors (Lipinski definition) is 0. The monoisotopic (exact) mass is 310 g/mol. The third-order valence-corrected chi connectivity index (χ3v) is 5.00. The van der Waals surface area contributed by atoms with E-state index >= 15 is 0 Å². The number of rotatable bonds is 3. The second-order valence-corrected chi connectivity index (χ2v) is 6.50. The van der Waals surface area contributed by atoms with Crippen molar-refractivity contribution in [2.75, 3.05) is 0 Å². The van der Waals surface area contributed by atoms with E-state index < -0.39 is 0 Å². The molecule has 0 unspecified atom stereocenters. The molecule has 24 heavy (non-hydrogen) atoms. The van der Waals surface area contributed by atoms with Gasteiger partial charge in [0.05, 0.1) is 0 Å². The van der Waals surface area contributed by atoms with Crippen LogP contribution in [-0.4, -0.2) is 0 Å². The van der Waals surface area contributed by atoms with Crippen molar-refractivity contribution in [3.05, 3.63) is 83.9 Å². The van der Waals surface area contributed by atoms with Crippen LogP contribution in [0.3, 0.4) is 0 Å².